The molecule has 5 aromatic rings. The Morgan fingerprint density at radius 2 is 1.11 bits per heavy atom. The van der Waals surface area contributed by atoms with Crippen molar-refractivity contribution >= 4 is 68.8 Å². The summed E-state index contributed by atoms with van der Waals surface area (Å²) in [5.74, 6) is 1.94. The van der Waals surface area contributed by atoms with E-state index in [4.69, 9.17) is 42.6 Å². The van der Waals surface area contributed by atoms with Crippen molar-refractivity contribution in [3.8, 4) is 11.5 Å². The fourth-order valence-corrected chi connectivity index (χ4v) is 6.31. The second-order valence-corrected chi connectivity index (χ2v) is 11.7. The molecule has 0 spiro atoms. The number of anilines is 4. The van der Waals surface area contributed by atoms with Crippen LogP contribution < -0.4 is 19.3 Å². The van der Waals surface area contributed by atoms with Crippen LogP contribution >= 0.6 is 23.2 Å². The number of nitrogens with zero attached hydrogens (tertiary/aromatic N) is 4. The van der Waals surface area contributed by atoms with Gasteiger partial charge in [0.2, 0.25) is 0 Å². The number of aromatic nitrogens is 2. The zero-order chi connectivity index (χ0) is 32.3. The molecule has 0 N–H and O–H groups in total. The highest BCUT2D eigenvalue weighted by Gasteiger charge is 2.41. The molecule has 0 unspecified atom stereocenters. The minimum absolute atomic E-state index is 0.0173. The van der Waals surface area contributed by atoms with Crippen molar-refractivity contribution in [2.45, 2.75) is 13.8 Å². The number of ether oxygens (including phenoxy) is 2. The lowest BCUT2D eigenvalue weighted by Gasteiger charge is -2.28. The first-order valence-corrected chi connectivity index (χ1v) is 15.1. The van der Waals surface area contributed by atoms with E-state index in [9.17, 15) is 9.59 Å². The van der Waals surface area contributed by atoms with Gasteiger partial charge in [0.15, 0.2) is 23.2 Å². The van der Waals surface area contributed by atoms with E-state index in [2.05, 4.69) is 0 Å². The van der Waals surface area contributed by atoms with Crippen LogP contribution in [0.5, 0.6) is 11.5 Å². The Kier molecular flexibility index (Phi) is 7.26. The Labute approximate surface area is 275 Å². The number of halogens is 2. The van der Waals surface area contributed by atoms with E-state index in [0.717, 1.165) is 22.5 Å². The number of allylic oxidation sites excluding steroid dienone is 3. The molecule has 0 saturated heterocycles. The summed E-state index contributed by atoms with van der Waals surface area (Å²) in [5, 5.41) is 0.402. The summed E-state index contributed by atoms with van der Waals surface area (Å²) in [6.07, 6.45) is 3.26. The maximum absolute atomic E-state index is 13.6. The summed E-state index contributed by atoms with van der Waals surface area (Å²) in [7, 11) is 3.22. The van der Waals surface area contributed by atoms with Crippen LogP contribution in [0.2, 0.25) is 10.0 Å². The third-order valence-corrected chi connectivity index (χ3v) is 8.86. The molecule has 1 aromatic heterocycles. The van der Waals surface area contributed by atoms with Crippen molar-refractivity contribution < 1.29 is 19.1 Å². The third-order valence-electron chi connectivity index (χ3n) is 8.14. The predicted molar refractivity (Wildman–Crippen MR) is 181 cm³/mol. The van der Waals surface area contributed by atoms with Gasteiger partial charge in [-0.05, 0) is 73.5 Å². The van der Waals surface area contributed by atoms with Gasteiger partial charge in [-0.15, -0.1) is 0 Å². The largest absolute Gasteiger partial charge is 0.495 e. The molecule has 8 nitrogen and oxygen atoms in total. The highest BCUT2D eigenvalue weighted by Crippen LogP contribution is 2.53. The van der Waals surface area contributed by atoms with E-state index < -0.39 is 11.6 Å². The van der Waals surface area contributed by atoms with Crippen molar-refractivity contribution in [1.82, 2.24) is 9.97 Å². The first-order valence-electron chi connectivity index (χ1n) is 14.4. The molecule has 1 aliphatic carbocycles. The molecule has 10 heteroatoms. The Balaban J connectivity index is 1.55. The zero-order valence-electron chi connectivity index (χ0n) is 25.3. The number of para-hydroxylation sites is 4. The number of hydrogen-bond donors (Lipinski definition) is 0. The van der Waals surface area contributed by atoms with Gasteiger partial charge < -0.3 is 9.47 Å². The summed E-state index contributed by atoms with van der Waals surface area (Å²) in [6.45, 7) is 3.96. The number of carbonyl (C=O) groups excluding carboxylic acids is 2. The zero-order valence-corrected chi connectivity index (χ0v) is 26.8. The predicted octanol–water partition coefficient (Wildman–Crippen LogP) is 8.71. The first kappa shape index (κ1) is 29.5. The molecule has 46 heavy (non-hydrogen) atoms. The Bertz CT molecular complexity index is 2050. The standard InChI is InChI=1S/C36H26Cl2N4O4/c1-19-9-7-13-28(45-3)31(19)41-30(16-15-21-33(43)22-17-24(37)25(38)18-23(22)34(21)44)42(32-20(2)10-8-14-29(32)46-4)36-35(41)39-26-11-5-6-12-27(26)40-36/h5-18H,1-4H3. The molecule has 7 rings (SSSR count). The number of aryl methyl sites for hydroxylation is 2. The topological polar surface area (TPSA) is 84.9 Å². The lowest BCUT2D eigenvalue weighted by Crippen LogP contribution is -2.24. The molecule has 0 radical (unpaired) electrons. The van der Waals surface area contributed by atoms with Gasteiger partial charge >= 0.3 is 0 Å². The fourth-order valence-electron chi connectivity index (χ4n) is 5.98. The van der Waals surface area contributed by atoms with Crippen LogP contribution in [0.4, 0.5) is 23.0 Å². The van der Waals surface area contributed by atoms with Crippen molar-refractivity contribution in [3.05, 3.63) is 129 Å². The lowest BCUT2D eigenvalue weighted by molar-refractivity contribution is 0.0988. The van der Waals surface area contributed by atoms with E-state index in [1.165, 1.54) is 18.2 Å². The molecule has 2 aliphatic rings. The van der Waals surface area contributed by atoms with Gasteiger partial charge in [-0.2, -0.15) is 0 Å². The van der Waals surface area contributed by atoms with Crippen LogP contribution in [0.1, 0.15) is 31.8 Å². The minimum Gasteiger partial charge on any atom is -0.495 e. The van der Waals surface area contributed by atoms with Crippen LogP contribution in [-0.4, -0.2) is 35.8 Å². The first-order chi connectivity index (χ1) is 22.2. The molecule has 2 heterocycles. The smallest absolute Gasteiger partial charge is 0.197 e. The molecule has 0 fully saturated rings. The molecule has 0 saturated carbocycles. The second-order valence-electron chi connectivity index (χ2n) is 10.9. The third kappa shape index (κ3) is 4.52. The SMILES string of the molecule is COc1cccc(C)c1N1C(=CC=C2C(=O)c3cc(Cl)c(Cl)cc3C2=O)N(c2c(C)cccc2OC)c2nc3ccccc3nc21. The van der Waals surface area contributed by atoms with E-state index >= 15 is 0 Å². The maximum Gasteiger partial charge on any atom is 0.197 e. The minimum atomic E-state index is -0.437. The van der Waals surface area contributed by atoms with E-state index in [0.29, 0.717) is 40.0 Å². The summed E-state index contributed by atoms with van der Waals surface area (Å²) in [6, 6.07) is 22.0. The lowest BCUT2D eigenvalue weighted by atomic mass is 10.1. The number of ketones is 2. The maximum atomic E-state index is 13.6. The van der Waals surface area contributed by atoms with Crippen LogP contribution in [0.15, 0.2) is 96.3 Å². The summed E-state index contributed by atoms with van der Waals surface area (Å²) in [5.41, 5.74) is 5.05. The van der Waals surface area contributed by atoms with E-state index in [1.807, 2.05) is 84.3 Å². The van der Waals surface area contributed by atoms with Crippen LogP contribution in [0, 0.1) is 13.8 Å². The van der Waals surface area contributed by atoms with Crippen molar-refractivity contribution in [3.63, 3.8) is 0 Å². The quantitative estimate of drug-likeness (QED) is 0.138. The average Bonchev–Trinajstić information content (AvgIpc) is 3.47. The van der Waals surface area contributed by atoms with Gasteiger partial charge in [0.05, 0.1) is 52.2 Å². The van der Waals surface area contributed by atoms with Crippen LogP contribution in [0.3, 0.4) is 0 Å². The summed E-state index contributed by atoms with van der Waals surface area (Å²) in [4.78, 5) is 41.2. The second kappa shape index (κ2) is 11.3. The van der Waals surface area contributed by atoms with Gasteiger partial charge in [-0.25, -0.2) is 9.97 Å². The Morgan fingerprint density at radius 1 is 0.652 bits per heavy atom. The van der Waals surface area contributed by atoms with Crippen LogP contribution in [0.25, 0.3) is 11.0 Å². The molecule has 0 bridgehead atoms. The number of benzene rings is 4. The van der Waals surface area contributed by atoms with Gasteiger partial charge in [0.1, 0.15) is 17.3 Å². The number of Topliss-reactive ketones (excluding diaryl/α,β-unsaturated/α-hetero) is 2. The van der Waals surface area contributed by atoms with E-state index in [-0.39, 0.29) is 26.7 Å². The number of rotatable bonds is 5. The average molecular weight is 650 g/mol. The molecular formula is C36H26Cl2N4O4. The van der Waals surface area contributed by atoms with Crippen molar-refractivity contribution in [2.75, 3.05) is 24.0 Å². The van der Waals surface area contributed by atoms with E-state index in [1.54, 1.807) is 20.3 Å². The number of fused-ring (bicyclic) bond motifs is 3. The monoisotopic (exact) mass is 648 g/mol. The van der Waals surface area contributed by atoms with Gasteiger partial charge in [-0.3, -0.25) is 19.4 Å². The Morgan fingerprint density at radius 3 is 1.54 bits per heavy atom. The van der Waals surface area contributed by atoms with Crippen LogP contribution in [-0.2, 0) is 0 Å². The van der Waals surface area contributed by atoms with Crippen molar-refractivity contribution in [1.29, 1.82) is 0 Å². The number of hydrogen-bond acceptors (Lipinski definition) is 8. The van der Waals surface area contributed by atoms with Crippen molar-refractivity contribution in [2.24, 2.45) is 0 Å². The van der Waals surface area contributed by atoms with Gasteiger partial charge in [-0.1, -0.05) is 59.6 Å². The number of carbonyl (C=O) groups is 2. The molecule has 4 aromatic carbocycles. The molecular weight excluding hydrogens is 623 g/mol. The summed E-state index contributed by atoms with van der Waals surface area (Å²) < 4.78 is 11.7. The number of methoxy groups -OCH3 is 2. The van der Waals surface area contributed by atoms with Gasteiger partial charge in [0.25, 0.3) is 0 Å². The highest BCUT2D eigenvalue weighted by atomic mass is 35.5. The molecule has 1 aliphatic heterocycles. The normalized spacial score (nSPS) is 13.8. The molecule has 228 valence electrons. The summed E-state index contributed by atoms with van der Waals surface area (Å²) >= 11 is 12.4. The highest BCUT2D eigenvalue weighted by molar-refractivity contribution is 6.45. The van der Waals surface area contributed by atoms with Gasteiger partial charge in [0, 0.05) is 11.1 Å². The Hall–Kier alpha value is -5.18. The molecule has 0 atom stereocenters. The molecule has 0 amide bonds. The fraction of sp³-hybridized carbons (Fsp3) is 0.111.